The number of nitrogens with one attached hydrogen (secondary N) is 2. The molecule has 0 unspecified atom stereocenters. The summed E-state index contributed by atoms with van der Waals surface area (Å²) >= 11 is 5.17. The van der Waals surface area contributed by atoms with Gasteiger partial charge in [-0.3, -0.25) is 20.2 Å². The van der Waals surface area contributed by atoms with Crippen LogP contribution in [0.5, 0.6) is 0 Å². The Morgan fingerprint density at radius 3 is 2.33 bits per heavy atom. The van der Waals surface area contributed by atoms with Crippen molar-refractivity contribution in [2.45, 2.75) is 20.8 Å². The molecule has 0 radical (unpaired) electrons. The average molecular weight is 343 g/mol. The van der Waals surface area contributed by atoms with E-state index in [9.17, 15) is 14.9 Å². The van der Waals surface area contributed by atoms with Gasteiger partial charge in [0.1, 0.15) is 0 Å². The van der Waals surface area contributed by atoms with Crippen LogP contribution in [0.3, 0.4) is 0 Å². The number of carbonyl (C=O) groups is 1. The molecule has 0 aromatic heterocycles. The van der Waals surface area contributed by atoms with Gasteiger partial charge in [0, 0.05) is 23.4 Å². The van der Waals surface area contributed by atoms with Gasteiger partial charge in [0.2, 0.25) is 0 Å². The zero-order chi connectivity index (χ0) is 17.9. The van der Waals surface area contributed by atoms with Crippen molar-refractivity contribution < 1.29 is 9.72 Å². The molecule has 6 nitrogen and oxygen atoms in total. The minimum absolute atomic E-state index is 0.140. The van der Waals surface area contributed by atoms with E-state index in [-0.39, 0.29) is 16.4 Å². The molecule has 0 aliphatic carbocycles. The molecule has 0 heterocycles. The number of anilines is 1. The molecule has 0 saturated heterocycles. The molecule has 2 aromatic rings. The molecule has 7 heteroatoms. The van der Waals surface area contributed by atoms with Crippen LogP contribution in [-0.2, 0) is 0 Å². The highest BCUT2D eigenvalue weighted by molar-refractivity contribution is 7.80. The van der Waals surface area contributed by atoms with Crippen LogP contribution in [0.25, 0.3) is 0 Å². The lowest BCUT2D eigenvalue weighted by Gasteiger charge is -2.15. The van der Waals surface area contributed by atoms with Gasteiger partial charge < -0.3 is 5.32 Å². The van der Waals surface area contributed by atoms with Gasteiger partial charge in [0.25, 0.3) is 11.6 Å². The summed E-state index contributed by atoms with van der Waals surface area (Å²) in [6, 6.07) is 9.51. The Morgan fingerprint density at radius 1 is 1.12 bits per heavy atom. The largest absolute Gasteiger partial charge is 0.332 e. The van der Waals surface area contributed by atoms with Crippen LogP contribution in [0.2, 0.25) is 0 Å². The summed E-state index contributed by atoms with van der Waals surface area (Å²) in [5.74, 6) is -0.501. The average Bonchev–Trinajstić information content (AvgIpc) is 2.51. The van der Waals surface area contributed by atoms with Crippen molar-refractivity contribution in [3.63, 3.8) is 0 Å². The van der Waals surface area contributed by atoms with Gasteiger partial charge in [0.15, 0.2) is 5.11 Å². The fraction of sp³-hybridized carbons (Fsp3) is 0.176. The van der Waals surface area contributed by atoms with Crippen molar-refractivity contribution in [3.05, 3.63) is 68.8 Å². The summed E-state index contributed by atoms with van der Waals surface area (Å²) in [6.07, 6.45) is 0. The van der Waals surface area contributed by atoms with Crippen LogP contribution >= 0.6 is 12.2 Å². The van der Waals surface area contributed by atoms with E-state index in [2.05, 4.69) is 10.6 Å². The van der Waals surface area contributed by atoms with Gasteiger partial charge in [-0.2, -0.15) is 0 Å². The van der Waals surface area contributed by atoms with Crippen molar-refractivity contribution in [2.24, 2.45) is 0 Å². The summed E-state index contributed by atoms with van der Waals surface area (Å²) in [5, 5.41) is 16.5. The van der Waals surface area contributed by atoms with E-state index in [4.69, 9.17) is 12.2 Å². The van der Waals surface area contributed by atoms with E-state index >= 15 is 0 Å². The predicted octanol–water partition coefficient (Wildman–Crippen LogP) is 3.65. The number of aryl methyl sites for hydroxylation is 3. The van der Waals surface area contributed by atoms with Crippen LogP contribution in [0.1, 0.15) is 27.0 Å². The molecular weight excluding hydrogens is 326 g/mol. The third kappa shape index (κ3) is 4.14. The number of benzene rings is 2. The zero-order valence-electron chi connectivity index (χ0n) is 13.5. The second kappa shape index (κ2) is 7.18. The van der Waals surface area contributed by atoms with Crippen LogP contribution in [-0.4, -0.2) is 15.9 Å². The van der Waals surface area contributed by atoms with Crippen molar-refractivity contribution in [1.82, 2.24) is 5.32 Å². The number of hydrogen-bond acceptors (Lipinski definition) is 4. The fourth-order valence-electron chi connectivity index (χ4n) is 2.46. The fourth-order valence-corrected chi connectivity index (χ4v) is 2.65. The Hall–Kier alpha value is -2.80. The highest BCUT2D eigenvalue weighted by Gasteiger charge is 2.13. The van der Waals surface area contributed by atoms with Crippen molar-refractivity contribution in [3.8, 4) is 0 Å². The van der Waals surface area contributed by atoms with Crippen LogP contribution in [0.15, 0.2) is 36.4 Å². The van der Waals surface area contributed by atoms with Gasteiger partial charge >= 0.3 is 0 Å². The Kier molecular flexibility index (Phi) is 5.25. The Bertz CT molecular complexity index is 811. The Labute approximate surface area is 145 Å². The molecule has 0 saturated carbocycles. The molecule has 2 N–H and O–H groups in total. The summed E-state index contributed by atoms with van der Waals surface area (Å²) in [5.41, 5.74) is 4.03. The molecule has 2 rings (SSSR count). The summed E-state index contributed by atoms with van der Waals surface area (Å²) in [7, 11) is 0. The minimum Gasteiger partial charge on any atom is -0.332 e. The highest BCUT2D eigenvalue weighted by Crippen LogP contribution is 2.21. The minimum atomic E-state index is -0.549. The lowest BCUT2D eigenvalue weighted by atomic mass is 10.1. The van der Waals surface area contributed by atoms with Gasteiger partial charge in [-0.05, 0) is 50.2 Å². The van der Waals surface area contributed by atoms with Crippen LogP contribution in [0.4, 0.5) is 11.4 Å². The SMILES string of the molecule is Cc1cc(C)c(NC(=S)NC(=O)c2cccc([N+](=O)[O-])c2)c(C)c1. The molecule has 24 heavy (non-hydrogen) atoms. The first-order valence-electron chi connectivity index (χ1n) is 7.22. The van der Waals surface area contributed by atoms with Crippen molar-refractivity contribution in [2.75, 3.05) is 5.32 Å². The molecular formula is C17H17N3O3S. The normalized spacial score (nSPS) is 10.1. The van der Waals surface area contributed by atoms with E-state index in [1.54, 1.807) is 0 Å². The van der Waals surface area contributed by atoms with Crippen LogP contribution in [0, 0.1) is 30.9 Å². The van der Waals surface area contributed by atoms with Gasteiger partial charge in [-0.15, -0.1) is 0 Å². The maximum absolute atomic E-state index is 12.2. The standard InChI is InChI=1S/C17H17N3O3S/c1-10-7-11(2)15(12(3)8-10)18-17(24)19-16(21)13-5-4-6-14(9-13)20(22)23/h4-9H,1-3H3,(H2,18,19,21,24). The second-order valence-electron chi connectivity index (χ2n) is 5.49. The van der Waals surface area contributed by atoms with E-state index < -0.39 is 10.8 Å². The summed E-state index contributed by atoms with van der Waals surface area (Å²) in [4.78, 5) is 22.4. The highest BCUT2D eigenvalue weighted by atomic mass is 32.1. The maximum atomic E-state index is 12.2. The van der Waals surface area contributed by atoms with Crippen molar-refractivity contribution in [1.29, 1.82) is 0 Å². The second-order valence-corrected chi connectivity index (χ2v) is 5.90. The Morgan fingerprint density at radius 2 is 1.75 bits per heavy atom. The number of rotatable bonds is 3. The maximum Gasteiger partial charge on any atom is 0.270 e. The molecule has 0 atom stereocenters. The van der Waals surface area contributed by atoms with Gasteiger partial charge in [-0.1, -0.05) is 23.8 Å². The first-order valence-corrected chi connectivity index (χ1v) is 7.63. The molecule has 0 aliphatic rings. The smallest absolute Gasteiger partial charge is 0.270 e. The lowest BCUT2D eigenvalue weighted by Crippen LogP contribution is -2.34. The number of nitro benzene ring substituents is 1. The molecule has 0 aliphatic heterocycles. The first-order chi connectivity index (χ1) is 11.3. The van der Waals surface area contributed by atoms with Crippen molar-refractivity contribution >= 4 is 34.6 Å². The molecule has 1 amide bonds. The van der Waals surface area contributed by atoms with Crippen LogP contribution < -0.4 is 10.6 Å². The number of carbonyl (C=O) groups excluding carboxylic acids is 1. The predicted molar refractivity (Wildman–Crippen MR) is 97.4 cm³/mol. The topological polar surface area (TPSA) is 84.3 Å². The van der Waals surface area contributed by atoms with Gasteiger partial charge in [-0.25, -0.2) is 0 Å². The summed E-state index contributed by atoms with van der Waals surface area (Å²) < 4.78 is 0. The number of hydrogen-bond donors (Lipinski definition) is 2. The molecule has 0 spiro atoms. The van der Waals surface area contributed by atoms with E-state index in [0.717, 1.165) is 22.4 Å². The van der Waals surface area contributed by atoms with E-state index in [1.165, 1.54) is 24.3 Å². The molecule has 0 fully saturated rings. The molecule has 2 aromatic carbocycles. The number of nitro groups is 1. The summed E-state index contributed by atoms with van der Waals surface area (Å²) in [6.45, 7) is 5.91. The monoisotopic (exact) mass is 343 g/mol. The third-order valence-electron chi connectivity index (χ3n) is 3.46. The molecule has 0 bridgehead atoms. The Balaban J connectivity index is 2.11. The third-order valence-corrected chi connectivity index (χ3v) is 3.67. The lowest BCUT2D eigenvalue weighted by molar-refractivity contribution is -0.384. The number of amides is 1. The number of non-ortho nitro benzene ring substituents is 1. The number of nitrogens with zero attached hydrogens (tertiary/aromatic N) is 1. The van der Waals surface area contributed by atoms with E-state index in [1.807, 2.05) is 32.9 Å². The quantitative estimate of drug-likeness (QED) is 0.505. The van der Waals surface area contributed by atoms with E-state index in [0.29, 0.717) is 0 Å². The number of thiocarbonyl (C=S) groups is 1. The molecule has 124 valence electrons. The van der Waals surface area contributed by atoms with Gasteiger partial charge in [0.05, 0.1) is 4.92 Å². The first kappa shape index (κ1) is 17.6. The zero-order valence-corrected chi connectivity index (χ0v) is 14.4.